The van der Waals surface area contributed by atoms with E-state index < -0.39 is 0 Å². The molecular formula is C12H16N2O3. The van der Waals surface area contributed by atoms with Gasteiger partial charge in [0.1, 0.15) is 5.69 Å². The Morgan fingerprint density at radius 3 is 2.82 bits per heavy atom. The maximum absolute atomic E-state index is 10.7. The van der Waals surface area contributed by atoms with Gasteiger partial charge in [-0.2, -0.15) is 0 Å². The fourth-order valence-corrected chi connectivity index (χ4v) is 1.78. The zero-order valence-corrected chi connectivity index (χ0v) is 9.81. The van der Waals surface area contributed by atoms with E-state index in [1.54, 1.807) is 19.2 Å². The van der Waals surface area contributed by atoms with E-state index >= 15 is 0 Å². The third-order valence-electron chi connectivity index (χ3n) is 3.06. The molecule has 5 heteroatoms. The van der Waals surface area contributed by atoms with Crippen LogP contribution >= 0.6 is 0 Å². The lowest BCUT2D eigenvalue weighted by Crippen LogP contribution is -2.21. The van der Waals surface area contributed by atoms with Crippen LogP contribution in [0.15, 0.2) is 18.2 Å². The largest absolute Gasteiger partial charge is 0.383 e. The topological polar surface area (TPSA) is 64.4 Å². The lowest BCUT2D eigenvalue weighted by Gasteiger charge is -2.25. The molecule has 92 valence electrons. The first kappa shape index (κ1) is 11.9. The molecule has 0 atom stereocenters. The predicted octanol–water partition coefficient (Wildman–Crippen LogP) is 2.71. The van der Waals surface area contributed by atoms with E-state index in [1.807, 2.05) is 0 Å². The van der Waals surface area contributed by atoms with Gasteiger partial charge in [0.05, 0.1) is 17.6 Å². The van der Waals surface area contributed by atoms with Crippen LogP contribution in [-0.2, 0) is 11.3 Å². The number of hydrogen-bond donors (Lipinski definition) is 1. The molecule has 0 aliphatic heterocycles. The lowest BCUT2D eigenvalue weighted by atomic mass is 9.96. The van der Waals surface area contributed by atoms with Gasteiger partial charge in [-0.05, 0) is 37.0 Å². The van der Waals surface area contributed by atoms with Gasteiger partial charge in [-0.1, -0.05) is 0 Å². The van der Waals surface area contributed by atoms with Gasteiger partial charge in [0.25, 0.3) is 5.69 Å². The third kappa shape index (κ3) is 2.74. The SMILES string of the molecule is CNc1cc(COC2CCC2)ccc1[N+](=O)[O-]. The molecule has 0 bridgehead atoms. The van der Waals surface area contributed by atoms with Gasteiger partial charge < -0.3 is 10.1 Å². The van der Waals surface area contributed by atoms with Crippen molar-refractivity contribution in [3.05, 3.63) is 33.9 Å². The molecule has 0 heterocycles. The second-order valence-corrected chi connectivity index (χ2v) is 4.22. The number of nitrogens with zero attached hydrogens (tertiary/aromatic N) is 1. The van der Waals surface area contributed by atoms with Crippen molar-refractivity contribution in [2.75, 3.05) is 12.4 Å². The van der Waals surface area contributed by atoms with Gasteiger partial charge in [-0.15, -0.1) is 0 Å². The van der Waals surface area contributed by atoms with Crippen LogP contribution in [0, 0.1) is 10.1 Å². The normalized spacial score (nSPS) is 15.4. The molecule has 17 heavy (non-hydrogen) atoms. The molecule has 0 radical (unpaired) electrons. The first-order chi connectivity index (χ1) is 8.20. The zero-order valence-electron chi connectivity index (χ0n) is 9.81. The minimum atomic E-state index is -0.387. The first-order valence-corrected chi connectivity index (χ1v) is 5.77. The molecular weight excluding hydrogens is 220 g/mol. The van der Waals surface area contributed by atoms with Gasteiger partial charge in [0.2, 0.25) is 0 Å². The smallest absolute Gasteiger partial charge is 0.292 e. The number of hydrogen-bond acceptors (Lipinski definition) is 4. The summed E-state index contributed by atoms with van der Waals surface area (Å²) >= 11 is 0. The van der Waals surface area contributed by atoms with Crippen LogP contribution < -0.4 is 5.32 Å². The van der Waals surface area contributed by atoms with Crippen LogP contribution in [0.1, 0.15) is 24.8 Å². The average molecular weight is 236 g/mol. The molecule has 1 N–H and O–H groups in total. The Morgan fingerprint density at radius 1 is 1.53 bits per heavy atom. The van der Waals surface area contributed by atoms with E-state index in [4.69, 9.17) is 4.74 Å². The fraction of sp³-hybridized carbons (Fsp3) is 0.500. The minimum Gasteiger partial charge on any atom is -0.383 e. The van der Waals surface area contributed by atoms with Gasteiger partial charge in [-0.3, -0.25) is 10.1 Å². The van der Waals surface area contributed by atoms with Crippen molar-refractivity contribution in [2.24, 2.45) is 0 Å². The predicted molar refractivity (Wildman–Crippen MR) is 65.1 cm³/mol. The number of anilines is 1. The summed E-state index contributed by atoms with van der Waals surface area (Å²) in [5.74, 6) is 0. The maximum atomic E-state index is 10.7. The van der Waals surface area contributed by atoms with Crippen LogP contribution in [-0.4, -0.2) is 18.1 Å². The summed E-state index contributed by atoms with van der Waals surface area (Å²) in [6, 6.07) is 5.04. The quantitative estimate of drug-likeness (QED) is 0.630. The molecule has 0 spiro atoms. The molecule has 0 unspecified atom stereocenters. The highest BCUT2D eigenvalue weighted by molar-refractivity contribution is 5.62. The second-order valence-electron chi connectivity index (χ2n) is 4.22. The van der Waals surface area contributed by atoms with Crippen molar-refractivity contribution < 1.29 is 9.66 Å². The summed E-state index contributed by atoms with van der Waals surface area (Å²) in [6.07, 6.45) is 3.88. The lowest BCUT2D eigenvalue weighted by molar-refractivity contribution is -0.384. The number of nitro benzene ring substituents is 1. The second kappa shape index (κ2) is 5.14. The van der Waals surface area contributed by atoms with E-state index in [9.17, 15) is 10.1 Å². The molecule has 1 aromatic rings. The summed E-state index contributed by atoms with van der Waals surface area (Å²) < 4.78 is 5.67. The molecule has 1 saturated carbocycles. The minimum absolute atomic E-state index is 0.0971. The van der Waals surface area contributed by atoms with Crippen LogP contribution in [0.25, 0.3) is 0 Å². The van der Waals surface area contributed by atoms with Crippen molar-refractivity contribution in [3.63, 3.8) is 0 Å². The highest BCUT2D eigenvalue weighted by atomic mass is 16.6. The van der Waals surface area contributed by atoms with Crippen molar-refractivity contribution in [1.82, 2.24) is 0 Å². The van der Waals surface area contributed by atoms with Crippen LogP contribution in [0.5, 0.6) is 0 Å². The van der Waals surface area contributed by atoms with Crippen LogP contribution in [0.4, 0.5) is 11.4 Å². The summed E-state index contributed by atoms with van der Waals surface area (Å²) in [5.41, 5.74) is 1.59. The molecule has 0 saturated heterocycles. The molecule has 5 nitrogen and oxygen atoms in total. The summed E-state index contributed by atoms with van der Waals surface area (Å²) in [5, 5.41) is 13.6. The molecule has 1 aliphatic rings. The Morgan fingerprint density at radius 2 is 2.29 bits per heavy atom. The molecule has 1 aromatic carbocycles. The number of nitrogens with one attached hydrogen (secondary N) is 1. The molecule has 0 aromatic heterocycles. The van der Waals surface area contributed by atoms with E-state index in [-0.39, 0.29) is 10.6 Å². The summed E-state index contributed by atoms with van der Waals surface area (Å²) in [7, 11) is 1.68. The van der Waals surface area contributed by atoms with E-state index in [1.165, 1.54) is 12.5 Å². The maximum Gasteiger partial charge on any atom is 0.292 e. The Balaban J connectivity index is 2.04. The van der Waals surface area contributed by atoms with Gasteiger partial charge in [-0.25, -0.2) is 0 Å². The Labute approximate surface area is 99.9 Å². The zero-order chi connectivity index (χ0) is 12.3. The Bertz CT molecular complexity index is 416. The highest BCUT2D eigenvalue weighted by Gasteiger charge is 2.18. The molecule has 1 aliphatic carbocycles. The number of benzene rings is 1. The van der Waals surface area contributed by atoms with Crippen molar-refractivity contribution in [3.8, 4) is 0 Å². The van der Waals surface area contributed by atoms with Crippen LogP contribution in [0.2, 0.25) is 0 Å². The fourth-order valence-electron chi connectivity index (χ4n) is 1.78. The standard InChI is InChI=1S/C12H16N2O3/c1-13-11-7-9(5-6-12(11)14(15)16)8-17-10-3-2-4-10/h5-7,10,13H,2-4,8H2,1H3. The number of nitro groups is 1. The van der Waals surface area contributed by atoms with E-state index in [2.05, 4.69) is 5.32 Å². The van der Waals surface area contributed by atoms with Gasteiger partial charge in [0, 0.05) is 13.1 Å². The number of rotatable bonds is 5. The van der Waals surface area contributed by atoms with Gasteiger partial charge in [0.15, 0.2) is 0 Å². The number of ether oxygens (including phenoxy) is 1. The molecule has 2 rings (SSSR count). The van der Waals surface area contributed by atoms with Crippen molar-refractivity contribution >= 4 is 11.4 Å². The average Bonchev–Trinajstić information content (AvgIpc) is 2.26. The van der Waals surface area contributed by atoms with Crippen molar-refractivity contribution in [2.45, 2.75) is 32.0 Å². The van der Waals surface area contributed by atoms with E-state index in [0.717, 1.165) is 18.4 Å². The van der Waals surface area contributed by atoms with Gasteiger partial charge >= 0.3 is 0 Å². The Kier molecular flexibility index (Phi) is 3.58. The summed E-state index contributed by atoms with van der Waals surface area (Å²) in [4.78, 5) is 10.4. The monoisotopic (exact) mass is 236 g/mol. The van der Waals surface area contributed by atoms with E-state index in [0.29, 0.717) is 18.4 Å². The third-order valence-corrected chi connectivity index (χ3v) is 3.06. The molecule has 1 fully saturated rings. The highest BCUT2D eigenvalue weighted by Crippen LogP contribution is 2.27. The first-order valence-electron chi connectivity index (χ1n) is 5.77. The van der Waals surface area contributed by atoms with Crippen LogP contribution in [0.3, 0.4) is 0 Å². The Hall–Kier alpha value is -1.62. The summed E-state index contributed by atoms with van der Waals surface area (Å²) in [6.45, 7) is 0.525. The van der Waals surface area contributed by atoms with Crippen molar-refractivity contribution in [1.29, 1.82) is 0 Å². The molecule has 0 amide bonds.